The Morgan fingerprint density at radius 1 is 1.19 bits per heavy atom. The Morgan fingerprint density at radius 2 is 1.95 bits per heavy atom. The molecule has 1 heterocycles. The van der Waals surface area contributed by atoms with Crippen LogP contribution in [0.4, 0.5) is 5.69 Å². The normalized spacial score (nSPS) is 24.7. The third-order valence-corrected chi connectivity index (χ3v) is 5.69. The van der Waals surface area contributed by atoms with Crippen LogP contribution in [0.1, 0.15) is 51.0 Å². The number of hydrogen-bond acceptors (Lipinski definition) is 2. The summed E-state index contributed by atoms with van der Waals surface area (Å²) in [6.07, 6.45) is 9.35. The Bertz CT molecular complexity index is 462. The van der Waals surface area contributed by atoms with Gasteiger partial charge >= 0.3 is 0 Å². The molecule has 2 nitrogen and oxygen atoms in total. The maximum Gasteiger partial charge on any atom is 0.0398 e. The molecule has 1 atom stereocenters. The van der Waals surface area contributed by atoms with Gasteiger partial charge in [0.2, 0.25) is 0 Å². The summed E-state index contributed by atoms with van der Waals surface area (Å²) in [6, 6.07) is 8.97. The Morgan fingerprint density at radius 3 is 2.71 bits per heavy atom. The van der Waals surface area contributed by atoms with Crippen LogP contribution >= 0.6 is 0 Å². The fourth-order valence-corrected chi connectivity index (χ4v) is 4.35. The zero-order chi connectivity index (χ0) is 14.7. The van der Waals surface area contributed by atoms with Crippen molar-refractivity contribution >= 4 is 5.69 Å². The molecule has 1 aliphatic heterocycles. The van der Waals surface area contributed by atoms with E-state index in [9.17, 15) is 0 Å². The van der Waals surface area contributed by atoms with Gasteiger partial charge in [0.15, 0.2) is 0 Å². The molecular formula is C19H30N2. The summed E-state index contributed by atoms with van der Waals surface area (Å²) in [4.78, 5) is 2.62. The molecule has 2 N–H and O–H groups in total. The molecule has 1 aliphatic carbocycles. The van der Waals surface area contributed by atoms with Gasteiger partial charge in [-0.25, -0.2) is 0 Å². The van der Waals surface area contributed by atoms with E-state index in [1.54, 1.807) is 0 Å². The van der Waals surface area contributed by atoms with Crippen LogP contribution in [0, 0.1) is 11.3 Å². The Balaban J connectivity index is 1.70. The summed E-state index contributed by atoms with van der Waals surface area (Å²) in [5.41, 5.74) is 9.58. The first kappa shape index (κ1) is 14.9. The summed E-state index contributed by atoms with van der Waals surface area (Å²) < 4.78 is 0. The van der Waals surface area contributed by atoms with Crippen molar-refractivity contribution in [3.05, 3.63) is 29.8 Å². The number of fused-ring (bicyclic) bond motifs is 1. The van der Waals surface area contributed by atoms with Crippen molar-refractivity contribution in [1.82, 2.24) is 0 Å². The van der Waals surface area contributed by atoms with Crippen molar-refractivity contribution in [2.75, 3.05) is 24.5 Å². The van der Waals surface area contributed by atoms with Crippen molar-refractivity contribution in [3.8, 4) is 0 Å². The smallest absolute Gasteiger partial charge is 0.0398 e. The highest BCUT2D eigenvalue weighted by molar-refractivity contribution is 5.55. The van der Waals surface area contributed by atoms with E-state index in [0.29, 0.717) is 5.41 Å². The lowest BCUT2D eigenvalue weighted by Gasteiger charge is -2.41. The molecule has 0 spiro atoms. The van der Waals surface area contributed by atoms with Crippen LogP contribution in [-0.4, -0.2) is 19.6 Å². The van der Waals surface area contributed by atoms with E-state index in [-0.39, 0.29) is 0 Å². The third-order valence-electron chi connectivity index (χ3n) is 5.69. The molecule has 0 aromatic heterocycles. The van der Waals surface area contributed by atoms with Gasteiger partial charge < -0.3 is 10.6 Å². The maximum absolute atomic E-state index is 6.16. The van der Waals surface area contributed by atoms with Crippen molar-refractivity contribution in [2.45, 2.75) is 51.9 Å². The van der Waals surface area contributed by atoms with Crippen LogP contribution in [0.2, 0.25) is 0 Å². The Hall–Kier alpha value is -1.02. The zero-order valence-corrected chi connectivity index (χ0v) is 13.5. The van der Waals surface area contributed by atoms with Gasteiger partial charge in [-0.3, -0.25) is 0 Å². The number of benzene rings is 1. The third kappa shape index (κ3) is 3.26. The molecule has 2 heteroatoms. The topological polar surface area (TPSA) is 29.3 Å². The highest BCUT2D eigenvalue weighted by atomic mass is 15.1. The van der Waals surface area contributed by atoms with Gasteiger partial charge in [-0.2, -0.15) is 0 Å². The van der Waals surface area contributed by atoms with Crippen LogP contribution in [0.25, 0.3) is 0 Å². The highest BCUT2D eigenvalue weighted by Gasteiger charge is 2.31. The Labute approximate surface area is 129 Å². The first-order chi connectivity index (χ1) is 10.2. The lowest BCUT2D eigenvalue weighted by atomic mass is 9.71. The van der Waals surface area contributed by atoms with E-state index in [1.165, 1.54) is 69.3 Å². The summed E-state index contributed by atoms with van der Waals surface area (Å²) in [6.45, 7) is 5.64. The average Bonchev–Trinajstić information content (AvgIpc) is 2.53. The quantitative estimate of drug-likeness (QED) is 0.907. The van der Waals surface area contributed by atoms with Crippen molar-refractivity contribution in [2.24, 2.45) is 17.1 Å². The molecule has 116 valence electrons. The second kappa shape index (κ2) is 6.39. The van der Waals surface area contributed by atoms with Gasteiger partial charge in [-0.05, 0) is 55.2 Å². The number of nitrogens with two attached hydrogens (primary N) is 1. The van der Waals surface area contributed by atoms with Crippen LogP contribution in [0.3, 0.4) is 0 Å². The second-order valence-corrected chi connectivity index (χ2v) is 7.40. The summed E-state index contributed by atoms with van der Waals surface area (Å²) in [5.74, 6) is 0.764. The first-order valence-corrected chi connectivity index (χ1v) is 8.75. The molecule has 0 amide bonds. The van der Waals surface area contributed by atoms with Crippen molar-refractivity contribution in [3.63, 3.8) is 0 Å². The molecule has 1 unspecified atom stereocenters. The van der Waals surface area contributed by atoms with E-state index in [0.717, 1.165) is 12.5 Å². The molecule has 21 heavy (non-hydrogen) atoms. The minimum atomic E-state index is 0.424. The lowest BCUT2D eigenvalue weighted by Crippen LogP contribution is -2.40. The van der Waals surface area contributed by atoms with Gasteiger partial charge in [0, 0.05) is 18.8 Å². The molecule has 0 bridgehead atoms. The van der Waals surface area contributed by atoms with E-state index in [4.69, 9.17) is 5.73 Å². The minimum absolute atomic E-state index is 0.424. The predicted octanol–water partition coefficient (Wildman–Crippen LogP) is 3.98. The average molecular weight is 286 g/mol. The van der Waals surface area contributed by atoms with Gasteiger partial charge in [0.05, 0.1) is 0 Å². The molecule has 1 saturated carbocycles. The molecule has 3 rings (SSSR count). The van der Waals surface area contributed by atoms with Crippen LogP contribution in [0.15, 0.2) is 24.3 Å². The summed E-state index contributed by atoms with van der Waals surface area (Å²) in [7, 11) is 0. The van der Waals surface area contributed by atoms with E-state index in [2.05, 4.69) is 36.1 Å². The molecule has 1 aromatic carbocycles. The number of anilines is 1. The number of rotatable bonds is 4. The van der Waals surface area contributed by atoms with E-state index >= 15 is 0 Å². The van der Waals surface area contributed by atoms with Gasteiger partial charge in [0.1, 0.15) is 0 Å². The fraction of sp³-hybridized carbons (Fsp3) is 0.684. The fourth-order valence-electron chi connectivity index (χ4n) is 4.35. The largest absolute Gasteiger partial charge is 0.371 e. The lowest BCUT2D eigenvalue weighted by molar-refractivity contribution is 0.184. The molecule has 0 saturated heterocycles. The summed E-state index contributed by atoms with van der Waals surface area (Å²) >= 11 is 0. The monoisotopic (exact) mass is 286 g/mol. The molecule has 1 aromatic rings. The molecule has 1 fully saturated rings. The van der Waals surface area contributed by atoms with Crippen molar-refractivity contribution in [1.29, 1.82) is 0 Å². The standard InChI is InChI=1S/C19H30N2/c1-16-13-17-7-3-4-8-18(17)21(14-16)12-11-19(15-20)9-5-2-6-10-19/h3-4,7-8,16H,2,5-6,9-15,20H2,1H3. The maximum atomic E-state index is 6.16. The van der Waals surface area contributed by atoms with Crippen LogP contribution in [0.5, 0.6) is 0 Å². The number of para-hydroxylation sites is 1. The van der Waals surface area contributed by atoms with Crippen molar-refractivity contribution < 1.29 is 0 Å². The highest BCUT2D eigenvalue weighted by Crippen LogP contribution is 2.39. The van der Waals surface area contributed by atoms with Gasteiger partial charge in [-0.1, -0.05) is 44.4 Å². The van der Waals surface area contributed by atoms with Gasteiger partial charge in [0.25, 0.3) is 0 Å². The van der Waals surface area contributed by atoms with Gasteiger partial charge in [-0.15, -0.1) is 0 Å². The molecule has 0 radical (unpaired) electrons. The SMILES string of the molecule is CC1Cc2ccccc2N(CCC2(CN)CCCCC2)C1. The van der Waals surface area contributed by atoms with Crippen LogP contribution in [-0.2, 0) is 6.42 Å². The number of hydrogen-bond donors (Lipinski definition) is 1. The van der Waals surface area contributed by atoms with E-state index in [1.807, 2.05) is 0 Å². The minimum Gasteiger partial charge on any atom is -0.371 e. The Kier molecular flexibility index (Phi) is 4.54. The van der Waals surface area contributed by atoms with Crippen LogP contribution < -0.4 is 10.6 Å². The zero-order valence-electron chi connectivity index (χ0n) is 13.5. The van der Waals surface area contributed by atoms with E-state index < -0.39 is 0 Å². The second-order valence-electron chi connectivity index (χ2n) is 7.40. The molecular weight excluding hydrogens is 256 g/mol. The predicted molar refractivity (Wildman–Crippen MR) is 90.7 cm³/mol. The number of nitrogens with zero attached hydrogens (tertiary/aromatic N) is 1. The first-order valence-electron chi connectivity index (χ1n) is 8.75. The molecule has 2 aliphatic rings. The summed E-state index contributed by atoms with van der Waals surface area (Å²) in [5, 5.41) is 0.